The summed E-state index contributed by atoms with van der Waals surface area (Å²) in [6.07, 6.45) is 0. The van der Waals surface area contributed by atoms with Gasteiger partial charge in [-0.25, -0.2) is 0 Å². The lowest BCUT2D eigenvalue weighted by molar-refractivity contribution is 0.0992. The third kappa shape index (κ3) is 2.47. The number of thiazole rings is 1. The van der Waals surface area contributed by atoms with Gasteiger partial charge in [-0.05, 0) is 41.1 Å². The number of hydrogen-bond donors (Lipinski definition) is 0. The lowest BCUT2D eigenvalue weighted by Crippen LogP contribution is -2.13. The zero-order valence-corrected chi connectivity index (χ0v) is 14.2. The Labute approximate surface area is 133 Å². The minimum absolute atomic E-state index is 0.322. The van der Waals surface area contributed by atoms with Crippen LogP contribution < -0.4 is 4.80 Å². The van der Waals surface area contributed by atoms with Crippen LogP contribution in [0.5, 0.6) is 0 Å². The van der Waals surface area contributed by atoms with Gasteiger partial charge in [0.15, 0.2) is 10.5 Å². The van der Waals surface area contributed by atoms with E-state index in [1.807, 2.05) is 43.8 Å². The summed E-state index contributed by atoms with van der Waals surface area (Å²) in [5.41, 5.74) is 2.33. The van der Waals surface area contributed by atoms with Gasteiger partial charge in [0, 0.05) is 24.3 Å². The van der Waals surface area contributed by atoms with Crippen LogP contribution in [0.15, 0.2) is 33.7 Å². The molecule has 3 aromatic rings. The second-order valence-corrected chi connectivity index (χ2v) is 6.61. The van der Waals surface area contributed by atoms with Crippen molar-refractivity contribution in [3.05, 3.63) is 44.9 Å². The molecule has 5 nitrogen and oxygen atoms in total. The number of benzene rings is 1. The van der Waals surface area contributed by atoms with Crippen molar-refractivity contribution in [3.8, 4) is 0 Å². The van der Waals surface area contributed by atoms with Crippen LogP contribution in [0.2, 0.25) is 0 Å². The second kappa shape index (κ2) is 5.23. The summed E-state index contributed by atoms with van der Waals surface area (Å²) in [7, 11) is 3.71. The molecule has 3 rings (SSSR count). The van der Waals surface area contributed by atoms with E-state index in [-0.39, 0.29) is 5.91 Å². The maximum absolute atomic E-state index is 12.2. The molecule has 2 aromatic heterocycles. The SMILES string of the molecule is Cc1cc(C(=O)N=c2sc3cccc(Br)c3n2C)nn1C. The summed E-state index contributed by atoms with van der Waals surface area (Å²) in [5, 5.41) is 4.17. The zero-order valence-electron chi connectivity index (χ0n) is 11.8. The van der Waals surface area contributed by atoms with Gasteiger partial charge in [0.05, 0.1) is 10.2 Å². The number of amides is 1. The molecule has 0 aliphatic heterocycles. The second-order valence-electron chi connectivity index (χ2n) is 4.74. The number of carbonyl (C=O) groups is 1. The monoisotopic (exact) mass is 364 g/mol. The number of carbonyl (C=O) groups excluding carboxylic acids is 1. The molecule has 1 amide bonds. The molecular weight excluding hydrogens is 352 g/mol. The first-order valence-corrected chi connectivity index (χ1v) is 7.92. The van der Waals surface area contributed by atoms with E-state index in [4.69, 9.17) is 0 Å². The molecule has 0 saturated heterocycles. The first-order valence-electron chi connectivity index (χ1n) is 6.31. The van der Waals surface area contributed by atoms with Gasteiger partial charge < -0.3 is 4.57 Å². The van der Waals surface area contributed by atoms with E-state index in [0.29, 0.717) is 10.5 Å². The fourth-order valence-corrected chi connectivity index (χ4v) is 3.88. The number of aryl methyl sites for hydroxylation is 3. The van der Waals surface area contributed by atoms with E-state index < -0.39 is 0 Å². The Morgan fingerprint density at radius 1 is 1.38 bits per heavy atom. The van der Waals surface area contributed by atoms with Crippen LogP contribution in [0.3, 0.4) is 0 Å². The van der Waals surface area contributed by atoms with Crippen molar-refractivity contribution in [2.75, 3.05) is 0 Å². The summed E-state index contributed by atoms with van der Waals surface area (Å²) >= 11 is 5.01. The topological polar surface area (TPSA) is 52.2 Å². The predicted molar refractivity (Wildman–Crippen MR) is 86.3 cm³/mol. The van der Waals surface area contributed by atoms with Gasteiger partial charge in [0.2, 0.25) is 0 Å². The summed E-state index contributed by atoms with van der Waals surface area (Å²) in [6, 6.07) is 7.70. The van der Waals surface area contributed by atoms with E-state index in [9.17, 15) is 4.79 Å². The van der Waals surface area contributed by atoms with Gasteiger partial charge in [0.25, 0.3) is 5.91 Å². The highest BCUT2D eigenvalue weighted by atomic mass is 79.9. The van der Waals surface area contributed by atoms with Crippen molar-refractivity contribution >= 4 is 43.4 Å². The highest BCUT2D eigenvalue weighted by Crippen LogP contribution is 2.24. The molecule has 1 aromatic carbocycles. The maximum atomic E-state index is 12.2. The van der Waals surface area contributed by atoms with Crippen molar-refractivity contribution in [2.24, 2.45) is 19.1 Å². The van der Waals surface area contributed by atoms with Crippen molar-refractivity contribution in [3.63, 3.8) is 0 Å². The normalized spacial score (nSPS) is 12.3. The van der Waals surface area contributed by atoms with E-state index >= 15 is 0 Å². The van der Waals surface area contributed by atoms with Gasteiger partial charge in [-0.2, -0.15) is 10.1 Å². The largest absolute Gasteiger partial charge is 0.318 e. The molecular formula is C14H13BrN4OS. The van der Waals surface area contributed by atoms with Crippen LogP contribution in [-0.2, 0) is 14.1 Å². The summed E-state index contributed by atoms with van der Waals surface area (Å²) < 4.78 is 5.65. The number of fused-ring (bicyclic) bond motifs is 1. The van der Waals surface area contributed by atoms with E-state index in [1.165, 1.54) is 11.3 Å². The molecule has 0 bridgehead atoms. The van der Waals surface area contributed by atoms with Gasteiger partial charge in [-0.3, -0.25) is 9.48 Å². The molecule has 0 N–H and O–H groups in total. The summed E-state index contributed by atoms with van der Waals surface area (Å²) in [5.74, 6) is -0.322. The minimum Gasteiger partial charge on any atom is -0.318 e. The van der Waals surface area contributed by atoms with E-state index in [0.717, 1.165) is 20.4 Å². The first-order chi connectivity index (χ1) is 9.97. The molecule has 7 heteroatoms. The number of hydrogen-bond acceptors (Lipinski definition) is 3. The fourth-order valence-electron chi connectivity index (χ4n) is 2.07. The quantitative estimate of drug-likeness (QED) is 0.666. The Hall–Kier alpha value is -1.73. The van der Waals surface area contributed by atoms with Crippen molar-refractivity contribution < 1.29 is 4.79 Å². The van der Waals surface area contributed by atoms with Gasteiger partial charge in [-0.1, -0.05) is 17.4 Å². The number of para-hydroxylation sites is 1. The lowest BCUT2D eigenvalue weighted by Gasteiger charge is -1.97. The molecule has 0 fully saturated rings. The van der Waals surface area contributed by atoms with Crippen LogP contribution in [0.25, 0.3) is 10.2 Å². The van der Waals surface area contributed by atoms with Crippen LogP contribution in [0, 0.1) is 6.92 Å². The Kier molecular flexibility index (Phi) is 3.54. The molecule has 0 spiro atoms. The van der Waals surface area contributed by atoms with Crippen LogP contribution in [0.4, 0.5) is 0 Å². The zero-order chi connectivity index (χ0) is 15.1. The Bertz CT molecular complexity index is 899. The average molecular weight is 365 g/mol. The third-order valence-electron chi connectivity index (χ3n) is 3.30. The van der Waals surface area contributed by atoms with E-state index in [2.05, 4.69) is 26.0 Å². The smallest absolute Gasteiger partial charge is 0.300 e. The standard InChI is InChI=1S/C14H13BrN4OS/c1-8-7-10(17-19(8)3)13(20)16-14-18(2)12-9(15)5-4-6-11(12)21-14/h4-7H,1-3H3. The molecule has 0 atom stereocenters. The van der Waals surface area contributed by atoms with Gasteiger partial charge >= 0.3 is 0 Å². The van der Waals surface area contributed by atoms with Crippen molar-refractivity contribution in [1.82, 2.24) is 14.3 Å². The third-order valence-corrected chi connectivity index (χ3v) is 5.04. The number of nitrogens with zero attached hydrogens (tertiary/aromatic N) is 4. The molecule has 108 valence electrons. The van der Waals surface area contributed by atoms with Crippen LogP contribution in [-0.4, -0.2) is 20.3 Å². The Balaban J connectivity index is 2.13. The number of halogens is 1. The fraction of sp³-hybridized carbons (Fsp3) is 0.214. The van der Waals surface area contributed by atoms with Gasteiger partial charge in [0.1, 0.15) is 0 Å². The van der Waals surface area contributed by atoms with Crippen LogP contribution >= 0.6 is 27.3 Å². The van der Waals surface area contributed by atoms with Crippen molar-refractivity contribution in [1.29, 1.82) is 0 Å². The molecule has 21 heavy (non-hydrogen) atoms. The summed E-state index contributed by atoms with van der Waals surface area (Å²) in [6.45, 7) is 1.90. The number of rotatable bonds is 1. The predicted octanol–water partition coefficient (Wildman–Crippen LogP) is 2.79. The molecule has 0 aliphatic rings. The molecule has 0 unspecified atom stereocenters. The molecule has 2 heterocycles. The highest BCUT2D eigenvalue weighted by molar-refractivity contribution is 9.10. The van der Waals surface area contributed by atoms with Gasteiger partial charge in [-0.15, -0.1) is 0 Å². The Morgan fingerprint density at radius 2 is 2.14 bits per heavy atom. The average Bonchev–Trinajstić information content (AvgIpc) is 2.93. The first kappa shape index (κ1) is 14.2. The highest BCUT2D eigenvalue weighted by Gasteiger charge is 2.12. The molecule has 0 radical (unpaired) electrons. The molecule has 0 aliphatic carbocycles. The summed E-state index contributed by atoms with van der Waals surface area (Å²) in [4.78, 5) is 17.1. The number of aromatic nitrogens is 3. The lowest BCUT2D eigenvalue weighted by atomic mass is 10.3. The maximum Gasteiger partial charge on any atom is 0.300 e. The molecule has 0 saturated carbocycles. The van der Waals surface area contributed by atoms with Crippen molar-refractivity contribution in [2.45, 2.75) is 6.92 Å². The minimum atomic E-state index is -0.322. The van der Waals surface area contributed by atoms with Crippen LogP contribution in [0.1, 0.15) is 16.2 Å². The van der Waals surface area contributed by atoms with E-state index in [1.54, 1.807) is 10.7 Å². The Morgan fingerprint density at radius 3 is 2.76 bits per heavy atom.